The first kappa shape index (κ1) is 15.5. The van der Waals surface area contributed by atoms with E-state index in [-0.39, 0.29) is 17.1 Å². The van der Waals surface area contributed by atoms with Crippen LogP contribution in [0.5, 0.6) is 0 Å². The van der Waals surface area contributed by atoms with Crippen molar-refractivity contribution < 1.29 is 9.53 Å². The summed E-state index contributed by atoms with van der Waals surface area (Å²) in [5, 5.41) is 6.42. The molecule has 1 atom stereocenters. The number of anilines is 2. The predicted octanol–water partition coefficient (Wildman–Crippen LogP) is 1.38. The van der Waals surface area contributed by atoms with Gasteiger partial charge in [0.1, 0.15) is 5.82 Å². The number of aromatic nitrogens is 2. The molecule has 0 aromatic carbocycles. The fourth-order valence-corrected chi connectivity index (χ4v) is 2.12. The molecule has 1 amide bonds. The molecule has 116 valence electrons. The third-order valence-electron chi connectivity index (χ3n) is 3.04. The highest BCUT2D eigenvalue weighted by atomic mass is 16.5. The minimum absolute atomic E-state index is 0.195. The molecule has 0 saturated carbocycles. The number of hydrogen-bond donors (Lipinski definition) is 3. The normalized spacial score (nSPS) is 19.1. The minimum atomic E-state index is -0.547. The first-order chi connectivity index (χ1) is 9.85. The monoisotopic (exact) mass is 293 g/mol. The lowest BCUT2D eigenvalue weighted by Gasteiger charge is -2.25. The Hall–Kier alpha value is -1.89. The Morgan fingerprint density at radius 1 is 1.48 bits per heavy atom. The van der Waals surface area contributed by atoms with Gasteiger partial charge in [0.15, 0.2) is 0 Å². The van der Waals surface area contributed by atoms with Crippen molar-refractivity contribution in [3.8, 4) is 0 Å². The molecule has 2 rings (SSSR count). The highest BCUT2D eigenvalue weighted by molar-refractivity contribution is 5.97. The summed E-state index contributed by atoms with van der Waals surface area (Å²) in [4.78, 5) is 20.0. The van der Waals surface area contributed by atoms with Crippen molar-refractivity contribution in [3.05, 3.63) is 11.8 Å². The lowest BCUT2D eigenvalue weighted by atomic mass is 10.1. The number of carbonyl (C=O) groups excluding carboxylic acids is 1. The molecule has 0 unspecified atom stereocenters. The van der Waals surface area contributed by atoms with Crippen LogP contribution in [0, 0.1) is 0 Å². The Bertz CT molecular complexity index is 507. The van der Waals surface area contributed by atoms with Crippen molar-refractivity contribution in [2.75, 3.05) is 23.8 Å². The van der Waals surface area contributed by atoms with Gasteiger partial charge in [-0.05, 0) is 33.6 Å². The summed E-state index contributed by atoms with van der Waals surface area (Å²) in [6.07, 6.45) is 3.49. The Morgan fingerprint density at radius 3 is 2.81 bits per heavy atom. The maximum absolute atomic E-state index is 11.5. The van der Waals surface area contributed by atoms with Gasteiger partial charge < -0.3 is 21.1 Å². The molecular weight excluding hydrogens is 270 g/mol. The lowest BCUT2D eigenvalue weighted by molar-refractivity contribution is 0.0874. The van der Waals surface area contributed by atoms with Crippen LogP contribution in [0.25, 0.3) is 0 Å². The zero-order chi connectivity index (χ0) is 15.5. The van der Waals surface area contributed by atoms with Crippen molar-refractivity contribution in [1.82, 2.24) is 9.97 Å². The van der Waals surface area contributed by atoms with E-state index < -0.39 is 5.91 Å². The summed E-state index contributed by atoms with van der Waals surface area (Å²) in [6, 6.07) is 0.195. The Balaban J connectivity index is 2.19. The molecule has 2 heterocycles. The number of nitrogens with zero attached hydrogens (tertiary/aromatic N) is 2. The molecule has 1 aliphatic rings. The van der Waals surface area contributed by atoms with E-state index in [1.54, 1.807) is 0 Å². The van der Waals surface area contributed by atoms with Crippen molar-refractivity contribution in [3.63, 3.8) is 0 Å². The molecule has 1 aromatic heterocycles. The molecular formula is C14H23N5O2. The fourth-order valence-electron chi connectivity index (χ4n) is 2.12. The summed E-state index contributed by atoms with van der Waals surface area (Å²) in [6.45, 7) is 7.41. The van der Waals surface area contributed by atoms with Crippen LogP contribution >= 0.6 is 0 Å². The van der Waals surface area contributed by atoms with Crippen molar-refractivity contribution >= 4 is 17.7 Å². The molecule has 1 saturated heterocycles. The zero-order valence-electron chi connectivity index (χ0n) is 12.8. The van der Waals surface area contributed by atoms with Gasteiger partial charge in [0.2, 0.25) is 5.95 Å². The number of carbonyl (C=O) groups is 1. The van der Waals surface area contributed by atoms with Gasteiger partial charge in [-0.15, -0.1) is 0 Å². The van der Waals surface area contributed by atoms with Crippen LogP contribution in [-0.4, -0.2) is 40.7 Å². The topological polar surface area (TPSA) is 102 Å². The minimum Gasteiger partial charge on any atom is -0.379 e. The highest BCUT2D eigenvalue weighted by Gasteiger charge is 2.19. The molecule has 7 heteroatoms. The maximum Gasteiger partial charge on any atom is 0.254 e. The van der Waals surface area contributed by atoms with Crippen molar-refractivity contribution in [2.45, 2.75) is 45.2 Å². The number of amides is 1. The van der Waals surface area contributed by atoms with E-state index >= 15 is 0 Å². The second-order valence-corrected chi connectivity index (χ2v) is 6.25. The number of ether oxygens (including phenoxy) is 1. The molecule has 1 fully saturated rings. The van der Waals surface area contributed by atoms with Crippen LogP contribution < -0.4 is 16.4 Å². The smallest absolute Gasteiger partial charge is 0.254 e. The molecule has 0 aliphatic carbocycles. The van der Waals surface area contributed by atoms with E-state index in [0.717, 1.165) is 19.4 Å². The Kier molecular flexibility index (Phi) is 4.62. The number of primary amides is 1. The third-order valence-corrected chi connectivity index (χ3v) is 3.04. The van der Waals surface area contributed by atoms with Crippen LogP contribution in [0.3, 0.4) is 0 Å². The second-order valence-electron chi connectivity index (χ2n) is 6.25. The summed E-state index contributed by atoms with van der Waals surface area (Å²) in [5.74, 6) is 0.376. The quantitative estimate of drug-likeness (QED) is 0.775. The van der Waals surface area contributed by atoms with Gasteiger partial charge in [-0.25, -0.2) is 4.98 Å². The van der Waals surface area contributed by atoms with Gasteiger partial charge in [-0.3, -0.25) is 4.79 Å². The molecule has 1 aromatic rings. The van der Waals surface area contributed by atoms with Gasteiger partial charge in [-0.2, -0.15) is 4.98 Å². The second kappa shape index (κ2) is 6.26. The first-order valence-electron chi connectivity index (χ1n) is 7.14. The molecule has 21 heavy (non-hydrogen) atoms. The maximum atomic E-state index is 11.5. The molecule has 4 N–H and O–H groups in total. The largest absolute Gasteiger partial charge is 0.379 e. The fraction of sp³-hybridized carbons (Fsp3) is 0.643. The van der Waals surface area contributed by atoms with E-state index in [1.807, 2.05) is 20.8 Å². The molecule has 0 radical (unpaired) electrons. The standard InChI is InChI=1S/C14H23N5O2/c1-14(2,3)19-12-10(11(15)20)7-16-13(18-12)17-9-5-4-6-21-8-9/h7,9H,4-6,8H2,1-3H3,(H2,15,20)(H2,16,17,18,19)/t9-/m0/s1. The SMILES string of the molecule is CC(C)(C)Nc1nc(N[C@H]2CCCOC2)ncc1C(N)=O. The summed E-state index contributed by atoms with van der Waals surface area (Å²) >= 11 is 0. The number of hydrogen-bond acceptors (Lipinski definition) is 6. The average molecular weight is 293 g/mol. The van der Waals surface area contributed by atoms with Crippen molar-refractivity contribution in [1.29, 1.82) is 0 Å². The van der Waals surface area contributed by atoms with E-state index in [0.29, 0.717) is 18.4 Å². The van der Waals surface area contributed by atoms with Crippen LogP contribution in [0.4, 0.5) is 11.8 Å². The van der Waals surface area contributed by atoms with Gasteiger partial charge in [0.05, 0.1) is 18.2 Å². The lowest BCUT2D eigenvalue weighted by Crippen LogP contribution is -2.32. The third kappa shape index (κ3) is 4.56. The molecule has 0 bridgehead atoms. The van der Waals surface area contributed by atoms with Crippen molar-refractivity contribution in [2.24, 2.45) is 5.73 Å². The number of nitrogens with one attached hydrogen (secondary N) is 2. The van der Waals surface area contributed by atoms with Crippen LogP contribution in [0.15, 0.2) is 6.20 Å². The zero-order valence-corrected chi connectivity index (χ0v) is 12.8. The Morgan fingerprint density at radius 2 is 2.24 bits per heavy atom. The van der Waals surface area contributed by atoms with E-state index in [2.05, 4.69) is 20.6 Å². The molecule has 0 spiro atoms. The molecule has 1 aliphatic heterocycles. The van der Waals surface area contributed by atoms with Crippen LogP contribution in [0.1, 0.15) is 44.0 Å². The number of nitrogens with two attached hydrogens (primary N) is 1. The van der Waals surface area contributed by atoms with Gasteiger partial charge in [-0.1, -0.05) is 0 Å². The summed E-state index contributed by atoms with van der Waals surface area (Å²) in [5.41, 5.74) is 5.42. The summed E-state index contributed by atoms with van der Waals surface area (Å²) < 4.78 is 5.42. The highest BCUT2D eigenvalue weighted by Crippen LogP contribution is 2.19. The van der Waals surface area contributed by atoms with E-state index in [1.165, 1.54) is 6.20 Å². The molecule has 7 nitrogen and oxygen atoms in total. The van der Waals surface area contributed by atoms with Gasteiger partial charge >= 0.3 is 0 Å². The van der Waals surface area contributed by atoms with Crippen LogP contribution in [0.2, 0.25) is 0 Å². The van der Waals surface area contributed by atoms with Gasteiger partial charge in [0.25, 0.3) is 5.91 Å². The first-order valence-corrected chi connectivity index (χ1v) is 7.14. The average Bonchev–Trinajstić information content (AvgIpc) is 2.37. The van der Waals surface area contributed by atoms with E-state index in [4.69, 9.17) is 10.5 Å². The predicted molar refractivity (Wildman–Crippen MR) is 81.4 cm³/mol. The van der Waals surface area contributed by atoms with Crippen LogP contribution in [-0.2, 0) is 4.74 Å². The Labute approximate surface area is 124 Å². The summed E-state index contributed by atoms with van der Waals surface area (Å²) in [7, 11) is 0. The van der Waals surface area contributed by atoms with E-state index in [9.17, 15) is 4.79 Å². The van der Waals surface area contributed by atoms with Gasteiger partial charge in [0, 0.05) is 18.3 Å². The number of rotatable bonds is 4.